The molecule has 12 heteroatoms. The van der Waals surface area contributed by atoms with Crippen molar-refractivity contribution >= 4 is 29.0 Å². The summed E-state index contributed by atoms with van der Waals surface area (Å²) in [6.07, 6.45) is -1.47. The minimum Gasteiger partial charge on any atom is -0.483 e. The average molecular weight is 537 g/mol. The molecule has 0 radical (unpaired) electrons. The van der Waals surface area contributed by atoms with Gasteiger partial charge in [0.15, 0.2) is 11.6 Å². The zero-order valence-electron chi connectivity index (χ0n) is 19.5. The van der Waals surface area contributed by atoms with E-state index in [4.69, 9.17) is 4.74 Å². The van der Waals surface area contributed by atoms with Crippen LogP contribution in [-0.2, 0) is 12.8 Å². The number of nitrogens with one attached hydrogen (secondary N) is 3. The molecule has 3 amide bonds. The molecule has 1 aromatic heterocycles. The van der Waals surface area contributed by atoms with Gasteiger partial charge in [-0.25, -0.2) is 14.2 Å². The van der Waals surface area contributed by atoms with Crippen LogP contribution in [0.25, 0.3) is 0 Å². The van der Waals surface area contributed by atoms with Crippen LogP contribution < -0.4 is 20.7 Å². The van der Waals surface area contributed by atoms with Gasteiger partial charge in [-0.05, 0) is 49.2 Å². The highest BCUT2D eigenvalue weighted by molar-refractivity contribution is 7.09. The monoisotopic (exact) mass is 536 g/mol. The number of halogens is 4. The Morgan fingerprint density at radius 1 is 1.00 bits per heavy atom. The molecule has 2 aromatic carbocycles. The Bertz CT molecular complexity index is 1230. The number of carbonyl (C=O) groups excluding carboxylic acids is 2. The molecule has 2 atom stereocenters. The van der Waals surface area contributed by atoms with E-state index >= 15 is 0 Å². The lowest BCUT2D eigenvalue weighted by molar-refractivity contribution is -0.137. The molecule has 37 heavy (non-hydrogen) atoms. The number of benzene rings is 2. The predicted molar refractivity (Wildman–Crippen MR) is 130 cm³/mol. The Balaban J connectivity index is 1.31. The number of aromatic nitrogens is 1. The van der Waals surface area contributed by atoms with Crippen molar-refractivity contribution in [1.82, 2.24) is 15.6 Å². The summed E-state index contributed by atoms with van der Waals surface area (Å²) in [4.78, 5) is 29.5. The highest BCUT2D eigenvalue weighted by atomic mass is 32.1. The van der Waals surface area contributed by atoms with Crippen molar-refractivity contribution in [2.45, 2.75) is 50.6 Å². The Kier molecular flexibility index (Phi) is 8.27. The number of nitrogens with zero attached hydrogens (tertiary/aromatic N) is 1. The summed E-state index contributed by atoms with van der Waals surface area (Å²) in [6.45, 7) is 0.0105. The molecule has 0 saturated heterocycles. The number of thiazole rings is 1. The first-order chi connectivity index (χ1) is 17.7. The molecule has 1 saturated carbocycles. The van der Waals surface area contributed by atoms with E-state index in [2.05, 4.69) is 20.9 Å². The third-order valence-corrected chi connectivity index (χ3v) is 6.66. The second-order valence-electron chi connectivity index (χ2n) is 8.49. The van der Waals surface area contributed by atoms with Crippen molar-refractivity contribution in [2.24, 2.45) is 0 Å². The molecule has 1 heterocycles. The summed E-state index contributed by atoms with van der Waals surface area (Å²) >= 11 is 1.21. The lowest BCUT2D eigenvalue weighted by Crippen LogP contribution is -2.54. The highest BCUT2D eigenvalue weighted by Gasteiger charge is 2.31. The third-order valence-electron chi connectivity index (χ3n) is 5.84. The van der Waals surface area contributed by atoms with Crippen molar-refractivity contribution in [3.8, 4) is 5.75 Å². The molecule has 1 aliphatic carbocycles. The number of urea groups is 1. The van der Waals surface area contributed by atoms with Gasteiger partial charge in [-0.2, -0.15) is 13.2 Å². The van der Waals surface area contributed by atoms with Crippen LogP contribution >= 0.6 is 11.3 Å². The summed E-state index contributed by atoms with van der Waals surface area (Å²) in [5.41, 5.74) is -0.400. The van der Waals surface area contributed by atoms with Crippen molar-refractivity contribution in [3.63, 3.8) is 0 Å². The highest BCUT2D eigenvalue weighted by Crippen LogP contribution is 2.30. The maximum Gasteiger partial charge on any atom is 0.416 e. The number of hydrogen-bond acceptors (Lipinski definition) is 5. The zero-order chi connectivity index (χ0) is 26.4. The van der Waals surface area contributed by atoms with Crippen molar-refractivity contribution < 1.29 is 31.9 Å². The van der Waals surface area contributed by atoms with Gasteiger partial charge in [0.1, 0.15) is 17.3 Å². The van der Waals surface area contributed by atoms with Crippen LogP contribution in [0, 0.1) is 5.82 Å². The van der Waals surface area contributed by atoms with E-state index in [0.717, 1.165) is 25.0 Å². The van der Waals surface area contributed by atoms with Gasteiger partial charge in [0.05, 0.1) is 11.6 Å². The number of amides is 3. The van der Waals surface area contributed by atoms with Crippen molar-refractivity contribution in [3.05, 3.63) is 76.0 Å². The lowest BCUT2D eigenvalue weighted by atomic mass is 9.90. The van der Waals surface area contributed by atoms with Crippen molar-refractivity contribution in [1.29, 1.82) is 0 Å². The Labute approximate surface area is 214 Å². The molecule has 196 valence electrons. The predicted octanol–water partition coefficient (Wildman–Crippen LogP) is 5.74. The number of ether oxygens (including phenoxy) is 1. The first-order valence-corrected chi connectivity index (χ1v) is 12.4. The van der Waals surface area contributed by atoms with E-state index in [0.29, 0.717) is 17.8 Å². The first kappa shape index (κ1) is 26.4. The van der Waals surface area contributed by atoms with Gasteiger partial charge in [0.25, 0.3) is 5.91 Å². The van der Waals surface area contributed by atoms with Gasteiger partial charge in [-0.1, -0.05) is 25.0 Å². The zero-order valence-corrected chi connectivity index (χ0v) is 20.3. The van der Waals surface area contributed by atoms with E-state index in [1.807, 2.05) is 0 Å². The minimum atomic E-state index is -4.46. The molecule has 3 aromatic rings. The number of hydrogen-bond donors (Lipinski definition) is 3. The third kappa shape index (κ3) is 7.19. The van der Waals surface area contributed by atoms with Crippen LogP contribution in [0.4, 0.5) is 28.0 Å². The fraction of sp³-hybridized carbons (Fsp3) is 0.320. The van der Waals surface area contributed by atoms with Gasteiger partial charge in [-0.3, -0.25) is 4.79 Å². The second-order valence-corrected chi connectivity index (χ2v) is 9.43. The van der Waals surface area contributed by atoms with E-state index in [-0.39, 0.29) is 35.8 Å². The molecule has 0 bridgehead atoms. The van der Waals surface area contributed by atoms with Gasteiger partial charge in [0.2, 0.25) is 0 Å². The molecular weight excluding hydrogens is 512 g/mol. The van der Waals surface area contributed by atoms with Gasteiger partial charge in [-0.15, -0.1) is 11.3 Å². The number of anilines is 1. The standard InChI is InChI=1S/C25H24F4N4O3S/c26-17-5-1-4-8-21(17)36-13-22-31-20(14-37-22)23(34)32-18-6-2-3-7-19(18)33-24(35)30-16-11-9-15(10-12-16)25(27,28)29/h1,4-5,8-12,14,18-19H,2-3,6-7,13H2,(H,32,34)(H2,30,33,35). The summed E-state index contributed by atoms with van der Waals surface area (Å²) in [6, 6.07) is 8.84. The van der Waals surface area contributed by atoms with Crippen LogP contribution in [0.2, 0.25) is 0 Å². The lowest BCUT2D eigenvalue weighted by Gasteiger charge is -2.32. The molecule has 2 unspecified atom stereocenters. The molecule has 0 spiro atoms. The fourth-order valence-electron chi connectivity index (χ4n) is 3.98. The fourth-order valence-corrected chi connectivity index (χ4v) is 4.67. The quantitative estimate of drug-likeness (QED) is 0.336. The van der Waals surface area contributed by atoms with Crippen LogP contribution in [0.1, 0.15) is 46.7 Å². The van der Waals surface area contributed by atoms with Crippen LogP contribution in [-0.4, -0.2) is 29.0 Å². The second kappa shape index (κ2) is 11.6. The number of rotatable bonds is 7. The van der Waals surface area contributed by atoms with E-state index in [1.54, 1.807) is 17.5 Å². The largest absolute Gasteiger partial charge is 0.483 e. The number of para-hydroxylation sites is 1. The summed E-state index contributed by atoms with van der Waals surface area (Å²) < 4.78 is 57.3. The maximum absolute atomic E-state index is 13.7. The summed E-state index contributed by atoms with van der Waals surface area (Å²) in [5.74, 6) is -0.806. The Hall–Kier alpha value is -3.67. The summed E-state index contributed by atoms with van der Waals surface area (Å²) in [7, 11) is 0. The van der Waals surface area contributed by atoms with Crippen LogP contribution in [0.3, 0.4) is 0 Å². The molecule has 3 N–H and O–H groups in total. The van der Waals surface area contributed by atoms with E-state index in [9.17, 15) is 27.2 Å². The van der Waals surface area contributed by atoms with Gasteiger partial charge >= 0.3 is 12.2 Å². The number of alkyl halides is 3. The smallest absolute Gasteiger partial charge is 0.416 e. The SMILES string of the molecule is O=C(Nc1ccc(C(F)(F)F)cc1)NC1CCCCC1NC(=O)c1csc(COc2ccccc2F)n1. The molecule has 1 aliphatic rings. The van der Waals surface area contributed by atoms with Crippen LogP contribution in [0.5, 0.6) is 5.75 Å². The molecule has 0 aliphatic heterocycles. The van der Waals surface area contributed by atoms with Gasteiger partial charge in [0, 0.05) is 17.1 Å². The molecule has 7 nitrogen and oxygen atoms in total. The maximum atomic E-state index is 13.7. The van der Waals surface area contributed by atoms with Crippen molar-refractivity contribution in [2.75, 3.05) is 5.32 Å². The summed E-state index contributed by atoms with van der Waals surface area (Å²) in [5, 5.41) is 10.3. The minimum absolute atomic E-state index is 0.0105. The normalized spacial score (nSPS) is 17.6. The van der Waals surface area contributed by atoms with E-state index < -0.39 is 29.5 Å². The molecular formula is C25H24F4N4O3S. The number of carbonyl (C=O) groups is 2. The van der Waals surface area contributed by atoms with Crippen LogP contribution in [0.15, 0.2) is 53.9 Å². The van der Waals surface area contributed by atoms with Gasteiger partial charge < -0.3 is 20.7 Å². The Morgan fingerprint density at radius 3 is 2.35 bits per heavy atom. The average Bonchev–Trinajstić information content (AvgIpc) is 3.34. The topological polar surface area (TPSA) is 92.4 Å². The van der Waals surface area contributed by atoms with E-state index in [1.165, 1.54) is 35.6 Å². The molecule has 4 rings (SSSR count). The Morgan fingerprint density at radius 2 is 1.68 bits per heavy atom. The first-order valence-electron chi connectivity index (χ1n) is 11.6. The molecule has 1 fully saturated rings.